The molecule has 5 nitrogen and oxygen atoms in total. The average molecular weight is 224 g/mol. The first-order valence-corrected chi connectivity index (χ1v) is 5.63. The molecular weight excluding hydrogens is 212 g/mol. The van der Waals surface area contributed by atoms with Crippen molar-refractivity contribution < 1.29 is 5.11 Å². The highest BCUT2D eigenvalue weighted by Crippen LogP contribution is 2.11. The Morgan fingerprint density at radius 3 is 2.93 bits per heavy atom. The van der Waals surface area contributed by atoms with Crippen LogP contribution in [0.5, 0.6) is 0 Å². The lowest BCUT2D eigenvalue weighted by Gasteiger charge is -1.94. The Balaban J connectivity index is 2.07. The molecule has 80 valence electrons. The summed E-state index contributed by atoms with van der Waals surface area (Å²) in [7, 11) is 0. The molecule has 0 aliphatic carbocycles. The minimum atomic E-state index is -0.0721. The van der Waals surface area contributed by atoms with Crippen LogP contribution in [0.15, 0.2) is 11.6 Å². The second kappa shape index (κ2) is 4.50. The third kappa shape index (κ3) is 2.40. The van der Waals surface area contributed by atoms with E-state index < -0.39 is 0 Å². The molecule has 15 heavy (non-hydrogen) atoms. The van der Waals surface area contributed by atoms with Gasteiger partial charge in [0.15, 0.2) is 0 Å². The molecule has 0 bridgehead atoms. The lowest BCUT2D eigenvalue weighted by molar-refractivity contribution is 0.276. The number of aryl methyl sites for hydroxylation is 1. The van der Waals surface area contributed by atoms with E-state index in [1.54, 1.807) is 22.2 Å². The van der Waals surface area contributed by atoms with Crippen LogP contribution in [0.1, 0.15) is 23.3 Å². The first-order valence-electron chi connectivity index (χ1n) is 4.75. The van der Waals surface area contributed by atoms with Crippen LogP contribution in [0.2, 0.25) is 0 Å². The lowest BCUT2D eigenvalue weighted by atomic mass is 10.4. The molecule has 0 radical (unpaired) electrons. The van der Waals surface area contributed by atoms with Gasteiger partial charge >= 0.3 is 0 Å². The molecule has 0 aromatic carbocycles. The number of thiazole rings is 1. The third-order valence-corrected chi connectivity index (χ3v) is 3.02. The van der Waals surface area contributed by atoms with Crippen LogP contribution >= 0.6 is 11.3 Å². The van der Waals surface area contributed by atoms with Gasteiger partial charge in [-0.2, -0.15) is 0 Å². The van der Waals surface area contributed by atoms with Crippen LogP contribution in [-0.2, 0) is 19.6 Å². The SMILES string of the molecule is CCc1nc(Cn2cc(CO)nn2)cs1. The molecule has 1 N–H and O–H groups in total. The van der Waals surface area contributed by atoms with Crippen LogP contribution in [0.4, 0.5) is 0 Å². The summed E-state index contributed by atoms with van der Waals surface area (Å²) in [5.41, 5.74) is 1.58. The maximum Gasteiger partial charge on any atom is 0.108 e. The van der Waals surface area contributed by atoms with Crippen molar-refractivity contribution in [3.8, 4) is 0 Å². The highest BCUT2D eigenvalue weighted by atomic mass is 32.1. The Bertz CT molecular complexity index is 397. The molecule has 0 spiro atoms. The van der Waals surface area contributed by atoms with Crippen molar-refractivity contribution in [2.45, 2.75) is 26.5 Å². The van der Waals surface area contributed by atoms with Crippen molar-refractivity contribution in [1.29, 1.82) is 0 Å². The molecule has 0 atom stereocenters. The van der Waals surface area contributed by atoms with Crippen LogP contribution < -0.4 is 0 Å². The normalized spacial score (nSPS) is 10.8. The molecule has 0 amide bonds. The van der Waals surface area contributed by atoms with Gasteiger partial charge in [-0.05, 0) is 6.42 Å². The summed E-state index contributed by atoms with van der Waals surface area (Å²) in [6, 6.07) is 0. The predicted molar refractivity (Wildman–Crippen MR) is 56.5 cm³/mol. The lowest BCUT2D eigenvalue weighted by Crippen LogP contribution is -2.00. The second-order valence-electron chi connectivity index (χ2n) is 3.15. The van der Waals surface area contributed by atoms with Gasteiger partial charge in [0, 0.05) is 5.38 Å². The van der Waals surface area contributed by atoms with Crippen molar-refractivity contribution in [1.82, 2.24) is 20.0 Å². The van der Waals surface area contributed by atoms with E-state index in [1.807, 2.05) is 5.38 Å². The molecule has 0 saturated carbocycles. The molecule has 0 aliphatic heterocycles. The number of aromatic nitrogens is 4. The van der Waals surface area contributed by atoms with Crippen LogP contribution in [0.3, 0.4) is 0 Å². The van der Waals surface area contributed by atoms with E-state index in [2.05, 4.69) is 22.2 Å². The summed E-state index contributed by atoms with van der Waals surface area (Å²) >= 11 is 1.66. The summed E-state index contributed by atoms with van der Waals surface area (Å²) in [5.74, 6) is 0. The zero-order valence-corrected chi connectivity index (χ0v) is 9.24. The Morgan fingerprint density at radius 2 is 2.33 bits per heavy atom. The van der Waals surface area contributed by atoms with Gasteiger partial charge in [0.25, 0.3) is 0 Å². The number of aliphatic hydroxyl groups is 1. The summed E-state index contributed by atoms with van der Waals surface area (Å²) < 4.78 is 1.68. The Hall–Kier alpha value is -1.27. The second-order valence-corrected chi connectivity index (χ2v) is 4.09. The standard InChI is InChI=1S/C9H12N4OS/c1-2-9-10-8(6-15-9)4-13-3-7(5-14)11-12-13/h3,6,14H,2,4-5H2,1H3. The van der Waals surface area contributed by atoms with Crippen LogP contribution in [-0.4, -0.2) is 25.1 Å². The first-order chi connectivity index (χ1) is 7.31. The van der Waals surface area contributed by atoms with E-state index in [4.69, 9.17) is 5.11 Å². The van der Waals surface area contributed by atoms with Crippen LogP contribution in [0.25, 0.3) is 0 Å². The fourth-order valence-corrected chi connectivity index (χ4v) is 1.97. The van der Waals surface area contributed by atoms with Crippen molar-refractivity contribution in [3.63, 3.8) is 0 Å². The van der Waals surface area contributed by atoms with Crippen LogP contribution in [0, 0.1) is 0 Å². The fraction of sp³-hybridized carbons (Fsp3) is 0.444. The van der Waals surface area contributed by atoms with Gasteiger partial charge in [-0.15, -0.1) is 16.4 Å². The van der Waals surface area contributed by atoms with E-state index in [-0.39, 0.29) is 6.61 Å². The molecular formula is C9H12N4OS. The molecule has 0 fully saturated rings. The molecule has 0 unspecified atom stereocenters. The van der Waals surface area contributed by atoms with Gasteiger partial charge in [-0.25, -0.2) is 9.67 Å². The number of hydrogen-bond acceptors (Lipinski definition) is 5. The number of rotatable bonds is 4. The summed E-state index contributed by atoms with van der Waals surface area (Å²) in [5, 5.41) is 19.7. The van der Waals surface area contributed by atoms with E-state index in [9.17, 15) is 0 Å². The number of aliphatic hydroxyl groups excluding tert-OH is 1. The number of hydrogen-bond donors (Lipinski definition) is 1. The molecule has 0 saturated heterocycles. The van der Waals surface area contributed by atoms with Crippen molar-refractivity contribution >= 4 is 11.3 Å². The minimum Gasteiger partial charge on any atom is -0.390 e. The van der Waals surface area contributed by atoms with Crippen molar-refractivity contribution in [2.24, 2.45) is 0 Å². The van der Waals surface area contributed by atoms with Gasteiger partial charge in [-0.1, -0.05) is 12.1 Å². The molecule has 0 aliphatic rings. The van der Waals surface area contributed by atoms with Gasteiger partial charge < -0.3 is 5.11 Å². The molecule has 2 heterocycles. The van der Waals surface area contributed by atoms with Gasteiger partial charge in [0.05, 0.1) is 30.1 Å². The quantitative estimate of drug-likeness (QED) is 0.835. The zero-order chi connectivity index (χ0) is 10.7. The van der Waals surface area contributed by atoms with E-state index in [1.165, 1.54) is 0 Å². The van der Waals surface area contributed by atoms with Gasteiger partial charge in [0.1, 0.15) is 5.69 Å². The van der Waals surface area contributed by atoms with Crippen molar-refractivity contribution in [3.05, 3.63) is 28.0 Å². The highest BCUT2D eigenvalue weighted by molar-refractivity contribution is 7.09. The smallest absolute Gasteiger partial charge is 0.108 e. The Labute approximate surface area is 91.4 Å². The highest BCUT2D eigenvalue weighted by Gasteiger charge is 2.03. The zero-order valence-electron chi connectivity index (χ0n) is 8.42. The topological polar surface area (TPSA) is 63.8 Å². The van der Waals surface area contributed by atoms with Crippen molar-refractivity contribution in [2.75, 3.05) is 0 Å². The summed E-state index contributed by atoms with van der Waals surface area (Å²) in [6.45, 7) is 2.63. The third-order valence-electron chi connectivity index (χ3n) is 1.97. The first kappa shape index (κ1) is 10.3. The largest absolute Gasteiger partial charge is 0.390 e. The molecule has 2 rings (SSSR count). The molecule has 2 aromatic rings. The molecule has 6 heteroatoms. The Kier molecular flexibility index (Phi) is 3.08. The van der Waals surface area contributed by atoms with Gasteiger partial charge in [-0.3, -0.25) is 0 Å². The maximum atomic E-state index is 8.83. The monoisotopic (exact) mass is 224 g/mol. The average Bonchev–Trinajstić information content (AvgIpc) is 2.87. The molecule has 2 aromatic heterocycles. The number of nitrogens with zero attached hydrogens (tertiary/aromatic N) is 4. The van der Waals surface area contributed by atoms with E-state index in [0.29, 0.717) is 12.2 Å². The summed E-state index contributed by atoms with van der Waals surface area (Å²) in [6.07, 6.45) is 2.69. The van der Waals surface area contributed by atoms with E-state index >= 15 is 0 Å². The summed E-state index contributed by atoms with van der Waals surface area (Å²) in [4.78, 5) is 4.43. The maximum absolute atomic E-state index is 8.83. The Morgan fingerprint density at radius 1 is 1.47 bits per heavy atom. The minimum absolute atomic E-state index is 0.0721. The fourth-order valence-electron chi connectivity index (χ4n) is 1.24. The van der Waals surface area contributed by atoms with E-state index in [0.717, 1.165) is 17.1 Å². The van der Waals surface area contributed by atoms with Gasteiger partial charge in [0.2, 0.25) is 0 Å². The predicted octanol–water partition coefficient (Wildman–Crippen LogP) is 0.838.